The Kier molecular flexibility index (Phi) is 7.39. The first kappa shape index (κ1) is 25.0. The summed E-state index contributed by atoms with van der Waals surface area (Å²) in [5.74, 6) is 1.34. The van der Waals surface area contributed by atoms with E-state index in [0.717, 1.165) is 17.1 Å². The third-order valence-corrected chi connectivity index (χ3v) is 6.06. The lowest BCUT2D eigenvalue weighted by molar-refractivity contribution is -0.385. The second-order valence-electron chi connectivity index (χ2n) is 7.89. The van der Waals surface area contributed by atoms with E-state index in [-0.39, 0.29) is 23.0 Å². The molecule has 2 heterocycles. The highest BCUT2D eigenvalue weighted by molar-refractivity contribution is 9.10. The van der Waals surface area contributed by atoms with Gasteiger partial charge in [0.1, 0.15) is 12.0 Å². The number of benzene rings is 2. The van der Waals surface area contributed by atoms with Crippen LogP contribution in [0, 0.1) is 10.1 Å². The van der Waals surface area contributed by atoms with E-state index in [1.165, 1.54) is 30.1 Å². The third-order valence-electron chi connectivity index (χ3n) is 5.57. The molecule has 10 nitrogen and oxygen atoms in total. The van der Waals surface area contributed by atoms with Crippen LogP contribution in [0.3, 0.4) is 0 Å². The lowest BCUT2D eigenvalue weighted by atomic mass is 10.1. The second-order valence-corrected chi connectivity index (χ2v) is 8.81. The number of para-hydroxylation sites is 1. The van der Waals surface area contributed by atoms with E-state index in [4.69, 9.17) is 14.5 Å². The van der Waals surface area contributed by atoms with Crippen LogP contribution in [-0.2, 0) is 0 Å². The number of ether oxygens (including phenoxy) is 2. The molecular formula is C25H22BrN5O5. The van der Waals surface area contributed by atoms with Crippen molar-refractivity contribution in [3.63, 3.8) is 0 Å². The van der Waals surface area contributed by atoms with Gasteiger partial charge in [-0.25, -0.2) is 9.97 Å². The first-order valence-corrected chi connectivity index (χ1v) is 11.8. The average Bonchev–Trinajstić information content (AvgIpc) is 2.88. The van der Waals surface area contributed by atoms with E-state index >= 15 is 0 Å². The predicted octanol–water partition coefficient (Wildman–Crippen LogP) is 5.66. The van der Waals surface area contributed by atoms with Crippen LogP contribution in [0.5, 0.6) is 17.4 Å². The molecule has 4 aromatic rings. The zero-order valence-electron chi connectivity index (χ0n) is 19.7. The lowest BCUT2D eigenvalue weighted by Gasteiger charge is -2.15. The van der Waals surface area contributed by atoms with E-state index in [2.05, 4.69) is 26.0 Å². The summed E-state index contributed by atoms with van der Waals surface area (Å²) in [7, 11) is 1.49. The normalized spacial score (nSPS) is 12.1. The van der Waals surface area contributed by atoms with Crippen LogP contribution in [0.2, 0.25) is 0 Å². The number of pyridine rings is 1. The largest absolute Gasteiger partial charge is 0.493 e. The smallest absolute Gasteiger partial charge is 0.287 e. The fourth-order valence-corrected chi connectivity index (χ4v) is 3.81. The highest BCUT2D eigenvalue weighted by Gasteiger charge is 2.17. The minimum Gasteiger partial charge on any atom is -0.493 e. The van der Waals surface area contributed by atoms with Crippen LogP contribution >= 0.6 is 15.9 Å². The standard InChI is InChI=1S/C25H22BrN5O5/c1-4-15(2)24-29-20-10-8-17(26)12-19(20)25(32)30(24)28-13-16-6-5-7-21(35-3)23(16)36-22-11-9-18(14-27-22)31(33)34/h5-15H,4H2,1-3H3/t15-/m0/s1. The fraction of sp³-hybridized carbons (Fsp3) is 0.200. The minimum atomic E-state index is -0.541. The van der Waals surface area contributed by atoms with E-state index in [0.29, 0.717) is 33.8 Å². The van der Waals surface area contributed by atoms with Gasteiger partial charge in [0.25, 0.3) is 11.2 Å². The SMILES string of the molecule is CC[C@H](C)c1nc2ccc(Br)cc2c(=O)n1N=Cc1cccc(OC)c1Oc1ccc([N+](=O)[O-])cn1. The third kappa shape index (κ3) is 5.10. The Morgan fingerprint density at radius 2 is 2.06 bits per heavy atom. The van der Waals surface area contributed by atoms with Crippen molar-refractivity contribution in [1.29, 1.82) is 0 Å². The maximum atomic E-state index is 13.4. The molecule has 4 rings (SSSR count). The summed E-state index contributed by atoms with van der Waals surface area (Å²) >= 11 is 3.41. The maximum Gasteiger partial charge on any atom is 0.287 e. The van der Waals surface area contributed by atoms with Crippen LogP contribution in [0.15, 0.2) is 69.1 Å². The summed E-state index contributed by atoms with van der Waals surface area (Å²) in [4.78, 5) is 32.5. The van der Waals surface area contributed by atoms with Gasteiger partial charge in [-0.1, -0.05) is 35.8 Å². The fourth-order valence-electron chi connectivity index (χ4n) is 3.45. The Balaban J connectivity index is 1.80. The zero-order valence-corrected chi connectivity index (χ0v) is 21.3. The summed E-state index contributed by atoms with van der Waals surface area (Å²) in [6, 6.07) is 13.2. The van der Waals surface area contributed by atoms with Crippen molar-refractivity contribution < 1.29 is 14.4 Å². The molecule has 0 N–H and O–H groups in total. The molecule has 0 aliphatic carbocycles. The number of aromatic nitrogens is 3. The topological polar surface area (TPSA) is 122 Å². The molecule has 0 fully saturated rings. The summed E-state index contributed by atoms with van der Waals surface area (Å²) in [6.07, 6.45) is 3.36. The number of methoxy groups -OCH3 is 1. The highest BCUT2D eigenvalue weighted by Crippen LogP contribution is 2.34. The molecule has 0 amide bonds. The van der Waals surface area contributed by atoms with E-state index in [1.807, 2.05) is 19.9 Å². The minimum absolute atomic E-state index is 0.0202. The van der Waals surface area contributed by atoms with E-state index < -0.39 is 4.92 Å². The number of hydrogen-bond acceptors (Lipinski definition) is 8. The van der Waals surface area contributed by atoms with Gasteiger partial charge in [0, 0.05) is 28.1 Å². The monoisotopic (exact) mass is 551 g/mol. The van der Waals surface area contributed by atoms with E-state index in [9.17, 15) is 14.9 Å². The Hall–Kier alpha value is -4.12. The van der Waals surface area contributed by atoms with Crippen LogP contribution in [0.1, 0.15) is 37.6 Å². The van der Waals surface area contributed by atoms with Gasteiger partial charge >= 0.3 is 0 Å². The molecule has 0 saturated carbocycles. The number of fused-ring (bicyclic) bond motifs is 1. The molecule has 0 aliphatic rings. The van der Waals surface area contributed by atoms with Gasteiger partial charge in [-0.2, -0.15) is 9.78 Å². The molecular weight excluding hydrogens is 530 g/mol. The maximum absolute atomic E-state index is 13.4. The number of nitrogens with zero attached hydrogens (tertiary/aromatic N) is 5. The van der Waals surface area contributed by atoms with Gasteiger partial charge in [0.2, 0.25) is 5.88 Å². The summed E-state index contributed by atoms with van der Waals surface area (Å²) in [6.45, 7) is 4.00. The van der Waals surface area contributed by atoms with Gasteiger partial charge in [-0.05, 0) is 36.8 Å². The Bertz CT molecular complexity index is 1520. The van der Waals surface area contributed by atoms with Gasteiger partial charge < -0.3 is 9.47 Å². The molecule has 0 radical (unpaired) electrons. The summed E-state index contributed by atoms with van der Waals surface area (Å²) in [5.41, 5.74) is 0.650. The molecule has 36 heavy (non-hydrogen) atoms. The van der Waals surface area contributed by atoms with Crippen molar-refractivity contribution >= 4 is 38.7 Å². The molecule has 2 aromatic heterocycles. The molecule has 0 unspecified atom stereocenters. The van der Waals surface area contributed by atoms with Gasteiger partial charge in [0.15, 0.2) is 11.5 Å². The predicted molar refractivity (Wildman–Crippen MR) is 139 cm³/mol. The molecule has 11 heteroatoms. The van der Waals surface area contributed by atoms with Gasteiger partial charge in [-0.15, -0.1) is 0 Å². The Labute approximate surface area is 214 Å². The first-order chi connectivity index (χ1) is 17.3. The second kappa shape index (κ2) is 10.6. The number of rotatable bonds is 8. The Morgan fingerprint density at radius 3 is 2.72 bits per heavy atom. The highest BCUT2D eigenvalue weighted by atomic mass is 79.9. The molecule has 0 spiro atoms. The van der Waals surface area contributed by atoms with Crippen molar-refractivity contribution in [3.05, 3.63) is 91.1 Å². The average molecular weight is 552 g/mol. The van der Waals surface area contributed by atoms with E-state index in [1.54, 1.807) is 30.3 Å². The van der Waals surface area contributed by atoms with Crippen molar-refractivity contribution in [1.82, 2.24) is 14.6 Å². The van der Waals surface area contributed by atoms with Crippen LogP contribution in [0.25, 0.3) is 10.9 Å². The van der Waals surface area contributed by atoms with Crippen molar-refractivity contribution in [2.24, 2.45) is 5.10 Å². The zero-order chi connectivity index (χ0) is 25.8. The quantitative estimate of drug-likeness (QED) is 0.157. The van der Waals surface area contributed by atoms with Crippen LogP contribution < -0.4 is 15.0 Å². The summed E-state index contributed by atoms with van der Waals surface area (Å²) < 4.78 is 13.4. The first-order valence-electron chi connectivity index (χ1n) is 11.0. The molecule has 1 atom stereocenters. The molecule has 0 saturated heterocycles. The lowest BCUT2D eigenvalue weighted by Crippen LogP contribution is -2.23. The number of hydrogen-bond donors (Lipinski definition) is 0. The number of halogens is 1. The molecule has 184 valence electrons. The number of nitro groups is 1. The molecule has 2 aromatic carbocycles. The van der Waals surface area contributed by atoms with Crippen LogP contribution in [-0.4, -0.2) is 32.9 Å². The van der Waals surface area contributed by atoms with Crippen molar-refractivity contribution in [3.8, 4) is 17.4 Å². The molecule has 0 bridgehead atoms. The van der Waals surface area contributed by atoms with Crippen molar-refractivity contribution in [2.75, 3.05) is 7.11 Å². The summed E-state index contributed by atoms with van der Waals surface area (Å²) in [5, 5.41) is 15.9. The Morgan fingerprint density at radius 1 is 1.25 bits per heavy atom. The molecule has 0 aliphatic heterocycles. The van der Waals surface area contributed by atoms with Crippen LogP contribution in [0.4, 0.5) is 5.69 Å². The van der Waals surface area contributed by atoms with Crippen molar-refractivity contribution in [2.45, 2.75) is 26.2 Å². The van der Waals surface area contributed by atoms with Gasteiger partial charge in [-0.3, -0.25) is 14.9 Å². The van der Waals surface area contributed by atoms with Gasteiger partial charge in [0.05, 0.1) is 29.2 Å².